The van der Waals surface area contributed by atoms with Crippen molar-refractivity contribution in [3.05, 3.63) is 32.6 Å². The maximum absolute atomic E-state index is 10.9. The molecule has 0 aromatic heterocycles. The van der Waals surface area contributed by atoms with E-state index in [9.17, 15) is 4.79 Å². The van der Waals surface area contributed by atoms with E-state index in [-0.39, 0.29) is 11.3 Å². The average Bonchev–Trinajstić information content (AvgIpc) is 2.60. The summed E-state index contributed by atoms with van der Waals surface area (Å²) in [7, 11) is 0. The molecule has 17 heavy (non-hydrogen) atoms. The summed E-state index contributed by atoms with van der Waals surface area (Å²) in [5.41, 5.74) is 9.49. The molecule has 1 unspecified atom stereocenters. The van der Waals surface area contributed by atoms with Crippen LogP contribution in [0.4, 0.5) is 0 Å². The summed E-state index contributed by atoms with van der Waals surface area (Å²) in [4.78, 5) is 14.7. The van der Waals surface area contributed by atoms with Crippen molar-refractivity contribution in [2.45, 2.75) is 23.6 Å². The molecule has 1 aliphatic rings. The maximum Gasteiger partial charge on any atom is 0.308 e. The molecular weight excluding hydrogens is 306 g/mol. The lowest BCUT2D eigenvalue weighted by Crippen LogP contribution is -2.02. The third-order valence-electron chi connectivity index (χ3n) is 2.21. The van der Waals surface area contributed by atoms with Crippen molar-refractivity contribution < 1.29 is 9.53 Å². The van der Waals surface area contributed by atoms with E-state index in [2.05, 4.69) is 26.0 Å². The minimum atomic E-state index is -0.361. The van der Waals surface area contributed by atoms with Crippen molar-refractivity contribution in [1.82, 2.24) is 0 Å². The van der Waals surface area contributed by atoms with Crippen LogP contribution in [0.5, 0.6) is 5.75 Å². The molecule has 0 saturated heterocycles. The number of hydrogen-bond donors (Lipinski definition) is 0. The maximum atomic E-state index is 10.9. The van der Waals surface area contributed by atoms with Crippen LogP contribution in [0.2, 0.25) is 0 Å². The zero-order valence-corrected chi connectivity index (χ0v) is 11.3. The van der Waals surface area contributed by atoms with Crippen LogP contribution < -0.4 is 4.74 Å². The number of ether oxygens (including phenoxy) is 1. The predicted molar refractivity (Wildman–Crippen MR) is 67.9 cm³/mol. The van der Waals surface area contributed by atoms with Crippen molar-refractivity contribution in [1.29, 1.82) is 0 Å². The summed E-state index contributed by atoms with van der Waals surface area (Å²) in [6.07, 6.45) is 0.697. The van der Waals surface area contributed by atoms with E-state index >= 15 is 0 Å². The van der Waals surface area contributed by atoms with E-state index in [4.69, 9.17) is 10.3 Å². The minimum absolute atomic E-state index is 0.116. The van der Waals surface area contributed by atoms with Gasteiger partial charge < -0.3 is 4.74 Å². The molecule has 5 nitrogen and oxygen atoms in total. The molecule has 88 valence electrons. The number of fused-ring (bicyclic) bond motifs is 1. The normalized spacial score (nSPS) is 17.2. The molecule has 1 atom stereocenters. The van der Waals surface area contributed by atoms with Crippen LogP contribution in [0.1, 0.15) is 12.5 Å². The number of benzene rings is 1. The Morgan fingerprint density at radius 2 is 2.47 bits per heavy atom. The van der Waals surface area contributed by atoms with Gasteiger partial charge in [0.2, 0.25) is 0 Å². The van der Waals surface area contributed by atoms with Gasteiger partial charge in [-0.2, -0.15) is 0 Å². The lowest BCUT2D eigenvalue weighted by molar-refractivity contribution is -0.131. The first-order valence-electron chi connectivity index (χ1n) is 4.82. The molecule has 2 rings (SSSR count). The molecule has 1 aliphatic heterocycles. The highest BCUT2D eigenvalue weighted by atomic mass is 79.9. The third kappa shape index (κ3) is 2.74. The Balaban J connectivity index is 2.30. The Hall–Kier alpha value is -1.17. The van der Waals surface area contributed by atoms with Crippen LogP contribution in [0.25, 0.3) is 10.4 Å². The fourth-order valence-corrected chi connectivity index (χ4v) is 3.16. The van der Waals surface area contributed by atoms with Gasteiger partial charge in [0.15, 0.2) is 0 Å². The number of nitrogens with zero attached hydrogens (tertiary/aromatic N) is 3. The van der Waals surface area contributed by atoms with Crippen LogP contribution in [0, 0.1) is 0 Å². The smallest absolute Gasteiger partial charge is 0.308 e. The predicted octanol–water partition coefficient (Wildman–Crippen LogP) is 3.66. The average molecular weight is 314 g/mol. The van der Waals surface area contributed by atoms with Crippen LogP contribution in [-0.2, 0) is 11.2 Å². The van der Waals surface area contributed by atoms with Gasteiger partial charge in [0.25, 0.3) is 0 Å². The quantitative estimate of drug-likeness (QED) is 0.275. The number of rotatable bonds is 2. The standard InChI is InChI=1S/C10H8BrN3O2S/c1-5(15)16-8-4-9-6(2-7(8)11)3-10(17-9)13-14-12/h2,4,10H,3H2,1H3. The first kappa shape index (κ1) is 12.3. The minimum Gasteiger partial charge on any atom is -0.425 e. The Bertz CT molecular complexity index is 529. The highest BCUT2D eigenvalue weighted by Crippen LogP contribution is 2.42. The van der Waals surface area contributed by atoms with Crippen molar-refractivity contribution in [2.24, 2.45) is 5.11 Å². The Morgan fingerprint density at radius 3 is 3.12 bits per heavy atom. The second-order valence-electron chi connectivity index (χ2n) is 3.47. The van der Waals surface area contributed by atoms with E-state index < -0.39 is 0 Å². The molecule has 0 fully saturated rings. The summed E-state index contributed by atoms with van der Waals surface area (Å²) >= 11 is 4.83. The van der Waals surface area contributed by atoms with Gasteiger partial charge in [0.05, 0.1) is 9.85 Å². The topological polar surface area (TPSA) is 75.1 Å². The number of carbonyl (C=O) groups is 1. The molecule has 0 amide bonds. The Morgan fingerprint density at radius 1 is 1.71 bits per heavy atom. The molecule has 0 spiro atoms. The van der Waals surface area contributed by atoms with E-state index in [0.717, 1.165) is 14.9 Å². The Labute approximate surface area is 110 Å². The fraction of sp³-hybridized carbons (Fsp3) is 0.300. The van der Waals surface area contributed by atoms with Crippen molar-refractivity contribution in [3.8, 4) is 5.75 Å². The lowest BCUT2D eigenvalue weighted by Gasteiger charge is -2.06. The van der Waals surface area contributed by atoms with Crippen molar-refractivity contribution in [3.63, 3.8) is 0 Å². The van der Waals surface area contributed by atoms with Gasteiger partial charge in [-0.1, -0.05) is 5.11 Å². The van der Waals surface area contributed by atoms with E-state index in [1.165, 1.54) is 18.7 Å². The summed E-state index contributed by atoms with van der Waals surface area (Å²) in [6.45, 7) is 1.36. The van der Waals surface area contributed by atoms with Gasteiger partial charge in [-0.3, -0.25) is 4.79 Å². The number of esters is 1. The van der Waals surface area contributed by atoms with Gasteiger partial charge in [0.1, 0.15) is 5.75 Å². The first-order valence-corrected chi connectivity index (χ1v) is 6.49. The summed E-state index contributed by atoms with van der Waals surface area (Å²) in [6, 6.07) is 3.69. The van der Waals surface area contributed by atoms with E-state index in [1.807, 2.05) is 6.07 Å². The summed E-state index contributed by atoms with van der Waals surface area (Å²) in [5, 5.41) is 3.56. The highest BCUT2D eigenvalue weighted by molar-refractivity contribution is 9.10. The molecule has 7 heteroatoms. The van der Waals surface area contributed by atoms with Crippen LogP contribution >= 0.6 is 27.7 Å². The second-order valence-corrected chi connectivity index (χ2v) is 5.54. The van der Waals surface area contributed by atoms with E-state index in [0.29, 0.717) is 12.2 Å². The zero-order valence-electron chi connectivity index (χ0n) is 8.88. The van der Waals surface area contributed by atoms with Crippen LogP contribution in [0.3, 0.4) is 0 Å². The van der Waals surface area contributed by atoms with Crippen LogP contribution in [-0.4, -0.2) is 11.3 Å². The first-order chi connectivity index (χ1) is 8.10. The summed E-state index contributed by atoms with van der Waals surface area (Å²) < 4.78 is 5.79. The van der Waals surface area contributed by atoms with Gasteiger partial charge in [-0.25, -0.2) is 0 Å². The molecule has 0 N–H and O–H groups in total. The van der Waals surface area contributed by atoms with Gasteiger partial charge in [-0.05, 0) is 45.6 Å². The molecule has 1 aromatic carbocycles. The zero-order chi connectivity index (χ0) is 12.4. The molecule has 1 heterocycles. The van der Waals surface area contributed by atoms with Crippen molar-refractivity contribution >= 4 is 33.7 Å². The lowest BCUT2D eigenvalue weighted by atomic mass is 10.1. The largest absolute Gasteiger partial charge is 0.425 e. The molecule has 1 aromatic rings. The van der Waals surface area contributed by atoms with Gasteiger partial charge in [0, 0.05) is 16.7 Å². The molecule has 0 saturated carbocycles. The molecule has 0 bridgehead atoms. The number of hydrogen-bond acceptors (Lipinski definition) is 4. The number of azide groups is 1. The molecule has 0 aliphatic carbocycles. The number of halogens is 1. The third-order valence-corrected chi connectivity index (χ3v) is 3.99. The summed E-state index contributed by atoms with van der Waals surface area (Å²) in [5.74, 6) is 0.130. The van der Waals surface area contributed by atoms with Gasteiger partial charge >= 0.3 is 5.97 Å². The molecule has 0 radical (unpaired) electrons. The number of carbonyl (C=O) groups excluding carboxylic acids is 1. The van der Waals surface area contributed by atoms with Gasteiger partial charge in [-0.15, -0.1) is 11.8 Å². The fourth-order valence-electron chi connectivity index (χ4n) is 1.58. The van der Waals surface area contributed by atoms with E-state index in [1.54, 1.807) is 6.07 Å². The SMILES string of the molecule is CC(=O)Oc1cc2c(cc1Br)CC(N=[N+]=[N-])S2. The van der Waals surface area contributed by atoms with Crippen LogP contribution in [0.15, 0.2) is 26.6 Å². The number of thioether (sulfide) groups is 1. The molecular formula is C10H8BrN3O2S. The Kier molecular flexibility index (Phi) is 3.61. The van der Waals surface area contributed by atoms with Crippen molar-refractivity contribution in [2.75, 3.05) is 0 Å². The monoisotopic (exact) mass is 313 g/mol. The second kappa shape index (κ2) is 5.00. The highest BCUT2D eigenvalue weighted by Gasteiger charge is 2.23.